The van der Waals surface area contributed by atoms with E-state index in [4.69, 9.17) is 0 Å². The molecule has 2 rings (SSSR count). The molecule has 1 saturated carbocycles. The Hall–Kier alpha value is -0.0400. The molecule has 0 spiro atoms. The fourth-order valence-corrected chi connectivity index (χ4v) is 2.55. The van der Waals surface area contributed by atoms with Crippen molar-refractivity contribution in [1.82, 2.24) is 5.32 Å². The van der Waals surface area contributed by atoms with Gasteiger partial charge in [-0.25, -0.2) is 0 Å². The smallest absolute Gasteiger partial charge is 0.0262 e. The first-order valence-electron chi connectivity index (χ1n) is 4.31. The van der Waals surface area contributed by atoms with Crippen molar-refractivity contribution in [2.45, 2.75) is 39.2 Å². The van der Waals surface area contributed by atoms with E-state index in [9.17, 15) is 0 Å². The van der Waals surface area contributed by atoms with Crippen LogP contribution in [0.25, 0.3) is 0 Å². The van der Waals surface area contributed by atoms with Crippen molar-refractivity contribution in [2.75, 3.05) is 6.54 Å². The van der Waals surface area contributed by atoms with E-state index < -0.39 is 0 Å². The molecule has 1 N–H and O–H groups in total. The van der Waals surface area contributed by atoms with E-state index in [0.717, 1.165) is 5.92 Å². The van der Waals surface area contributed by atoms with Gasteiger partial charge in [0.05, 0.1) is 0 Å². The summed E-state index contributed by atoms with van der Waals surface area (Å²) in [5, 5.41) is 3.65. The highest BCUT2D eigenvalue weighted by molar-refractivity contribution is 5.19. The van der Waals surface area contributed by atoms with Gasteiger partial charge in [-0.05, 0) is 30.7 Å². The van der Waals surface area contributed by atoms with E-state index in [1.165, 1.54) is 19.4 Å². The highest BCUT2D eigenvalue weighted by Gasteiger charge is 2.62. The molecular formula is C9H17N. The Labute approximate surface area is 63.2 Å². The Balaban J connectivity index is 2.18. The molecule has 10 heavy (non-hydrogen) atoms. The average Bonchev–Trinajstić information content (AvgIpc) is 2.36. The van der Waals surface area contributed by atoms with Gasteiger partial charge in [0.2, 0.25) is 0 Å². The first-order valence-corrected chi connectivity index (χ1v) is 4.31. The first kappa shape index (κ1) is 6.66. The van der Waals surface area contributed by atoms with Gasteiger partial charge in [0.15, 0.2) is 0 Å². The molecule has 2 aliphatic rings. The van der Waals surface area contributed by atoms with E-state index in [0.29, 0.717) is 11.0 Å². The highest BCUT2D eigenvalue weighted by atomic mass is 15.1. The maximum Gasteiger partial charge on any atom is 0.0262 e. The second-order valence-electron chi connectivity index (χ2n) is 4.84. The lowest BCUT2D eigenvalue weighted by Crippen LogP contribution is -2.40. The Kier molecular flexibility index (Phi) is 1.05. The van der Waals surface area contributed by atoms with Gasteiger partial charge in [-0.3, -0.25) is 0 Å². The Morgan fingerprint density at radius 1 is 1.40 bits per heavy atom. The molecule has 0 aromatic heterocycles. The number of piperidine rings is 1. The molecule has 0 radical (unpaired) electrons. The average molecular weight is 139 g/mol. The van der Waals surface area contributed by atoms with Crippen LogP contribution in [0.5, 0.6) is 0 Å². The van der Waals surface area contributed by atoms with Gasteiger partial charge < -0.3 is 5.32 Å². The summed E-state index contributed by atoms with van der Waals surface area (Å²) in [4.78, 5) is 0. The fourth-order valence-electron chi connectivity index (χ4n) is 2.55. The number of hydrogen-bond acceptors (Lipinski definition) is 1. The molecule has 2 atom stereocenters. The zero-order valence-corrected chi connectivity index (χ0v) is 7.20. The third kappa shape index (κ3) is 0.619. The summed E-state index contributed by atoms with van der Waals surface area (Å²) in [7, 11) is 0. The van der Waals surface area contributed by atoms with Gasteiger partial charge >= 0.3 is 0 Å². The molecule has 0 unspecified atom stereocenters. The van der Waals surface area contributed by atoms with Gasteiger partial charge in [0.1, 0.15) is 0 Å². The fraction of sp³-hybridized carbons (Fsp3) is 1.00. The van der Waals surface area contributed by atoms with Gasteiger partial charge in [0, 0.05) is 5.54 Å². The number of fused-ring (bicyclic) bond motifs is 1. The van der Waals surface area contributed by atoms with Crippen LogP contribution in [0.2, 0.25) is 0 Å². The van der Waals surface area contributed by atoms with E-state index in [2.05, 4.69) is 26.1 Å². The quantitative estimate of drug-likeness (QED) is 0.539. The molecule has 1 aliphatic heterocycles. The molecule has 1 heterocycles. The van der Waals surface area contributed by atoms with Crippen LogP contribution in [-0.2, 0) is 0 Å². The Bertz CT molecular complexity index is 157. The maximum absolute atomic E-state index is 3.65. The predicted octanol–water partition coefficient (Wildman–Crippen LogP) is 1.78. The summed E-state index contributed by atoms with van der Waals surface area (Å²) in [5.74, 6) is 1.01. The molecule has 0 bridgehead atoms. The molecular weight excluding hydrogens is 122 g/mol. The van der Waals surface area contributed by atoms with E-state index in [1.807, 2.05) is 0 Å². The van der Waals surface area contributed by atoms with Crippen molar-refractivity contribution in [1.29, 1.82) is 0 Å². The predicted molar refractivity (Wildman–Crippen MR) is 42.9 cm³/mol. The lowest BCUT2D eigenvalue weighted by atomic mass is 9.83. The topological polar surface area (TPSA) is 12.0 Å². The molecule has 2 fully saturated rings. The highest BCUT2D eigenvalue weighted by Crippen LogP contribution is 2.59. The molecule has 1 heteroatoms. The van der Waals surface area contributed by atoms with Crippen molar-refractivity contribution in [3.05, 3.63) is 0 Å². The van der Waals surface area contributed by atoms with Crippen molar-refractivity contribution in [3.8, 4) is 0 Å². The second-order valence-corrected chi connectivity index (χ2v) is 4.84. The lowest BCUT2D eigenvalue weighted by molar-refractivity contribution is 0.258. The standard InChI is InChI=1S/C9H17N/c1-8(2,3)9-6-7(9)4-5-10-9/h7,10H,4-6H2,1-3H3/t7-,9+/m1/s1. The van der Waals surface area contributed by atoms with E-state index in [1.54, 1.807) is 0 Å². The minimum absolute atomic E-state index is 0.480. The summed E-state index contributed by atoms with van der Waals surface area (Å²) in [5.41, 5.74) is 1.03. The summed E-state index contributed by atoms with van der Waals surface area (Å²) in [6.45, 7) is 8.31. The summed E-state index contributed by atoms with van der Waals surface area (Å²) < 4.78 is 0. The number of rotatable bonds is 0. The van der Waals surface area contributed by atoms with Gasteiger partial charge in [0.25, 0.3) is 0 Å². The van der Waals surface area contributed by atoms with Crippen molar-refractivity contribution in [2.24, 2.45) is 11.3 Å². The van der Waals surface area contributed by atoms with Gasteiger partial charge in [-0.2, -0.15) is 0 Å². The van der Waals surface area contributed by atoms with Gasteiger partial charge in [-0.15, -0.1) is 0 Å². The number of hydrogen-bond donors (Lipinski definition) is 1. The van der Waals surface area contributed by atoms with Crippen LogP contribution in [0.15, 0.2) is 0 Å². The zero-order chi connectivity index (χ0) is 7.41. The van der Waals surface area contributed by atoms with E-state index >= 15 is 0 Å². The monoisotopic (exact) mass is 139 g/mol. The van der Waals surface area contributed by atoms with E-state index in [-0.39, 0.29) is 0 Å². The summed E-state index contributed by atoms with van der Waals surface area (Å²) >= 11 is 0. The summed E-state index contributed by atoms with van der Waals surface area (Å²) in [6.07, 6.45) is 2.84. The van der Waals surface area contributed by atoms with Crippen LogP contribution in [0.4, 0.5) is 0 Å². The largest absolute Gasteiger partial charge is 0.310 e. The molecule has 0 aromatic rings. The normalized spacial score (nSPS) is 45.3. The first-order chi connectivity index (χ1) is 4.56. The van der Waals surface area contributed by atoms with Crippen LogP contribution in [-0.4, -0.2) is 12.1 Å². The van der Waals surface area contributed by atoms with Gasteiger partial charge in [-0.1, -0.05) is 20.8 Å². The van der Waals surface area contributed by atoms with Crippen molar-refractivity contribution in [3.63, 3.8) is 0 Å². The molecule has 0 aromatic carbocycles. The lowest BCUT2D eigenvalue weighted by Gasteiger charge is -2.30. The number of nitrogens with one attached hydrogen (secondary N) is 1. The van der Waals surface area contributed by atoms with Crippen molar-refractivity contribution < 1.29 is 0 Å². The third-order valence-corrected chi connectivity index (χ3v) is 3.38. The minimum Gasteiger partial charge on any atom is -0.310 e. The second kappa shape index (κ2) is 1.58. The molecule has 0 amide bonds. The van der Waals surface area contributed by atoms with Crippen LogP contribution in [0.3, 0.4) is 0 Å². The third-order valence-electron chi connectivity index (χ3n) is 3.38. The van der Waals surface area contributed by atoms with Crippen LogP contribution in [0.1, 0.15) is 33.6 Å². The molecule has 1 nitrogen and oxygen atoms in total. The van der Waals surface area contributed by atoms with Crippen LogP contribution in [0, 0.1) is 11.3 Å². The Morgan fingerprint density at radius 3 is 2.30 bits per heavy atom. The molecule has 58 valence electrons. The zero-order valence-electron chi connectivity index (χ0n) is 7.20. The minimum atomic E-state index is 0.480. The molecule has 1 aliphatic carbocycles. The van der Waals surface area contributed by atoms with Crippen molar-refractivity contribution >= 4 is 0 Å². The van der Waals surface area contributed by atoms with Crippen LogP contribution >= 0.6 is 0 Å². The Morgan fingerprint density at radius 2 is 2.10 bits per heavy atom. The summed E-state index contributed by atoms with van der Waals surface area (Å²) in [6, 6.07) is 0. The SMILES string of the molecule is CC(C)(C)[C@]12C[C@H]1CCN2. The maximum atomic E-state index is 3.65. The van der Waals surface area contributed by atoms with Crippen LogP contribution < -0.4 is 5.32 Å². The molecule has 1 saturated heterocycles.